The molecule has 152 valence electrons. The van der Waals surface area contributed by atoms with E-state index in [2.05, 4.69) is 20.3 Å². The molecule has 0 atom stereocenters. The fourth-order valence-corrected chi connectivity index (χ4v) is 3.37. The fourth-order valence-electron chi connectivity index (χ4n) is 3.04. The molecule has 30 heavy (non-hydrogen) atoms. The minimum absolute atomic E-state index is 0.121. The second-order valence-corrected chi connectivity index (χ2v) is 7.38. The Kier molecular flexibility index (Phi) is 5.57. The lowest BCUT2D eigenvalue weighted by Crippen LogP contribution is -2.16. The van der Waals surface area contributed by atoms with E-state index in [9.17, 15) is 4.79 Å². The number of carbonyl (C=O) groups excluding carboxylic acids is 1. The number of methoxy groups -OCH3 is 1. The van der Waals surface area contributed by atoms with Gasteiger partial charge in [-0.05, 0) is 42.0 Å². The highest BCUT2D eigenvalue weighted by molar-refractivity contribution is 6.33. The molecule has 0 unspecified atom stereocenters. The summed E-state index contributed by atoms with van der Waals surface area (Å²) in [5.74, 6) is 1.29. The predicted octanol–water partition coefficient (Wildman–Crippen LogP) is 4.53. The van der Waals surface area contributed by atoms with Gasteiger partial charge in [0.25, 0.3) is 0 Å². The number of rotatable bonds is 5. The van der Waals surface area contributed by atoms with Gasteiger partial charge in [0.15, 0.2) is 10.8 Å². The van der Waals surface area contributed by atoms with Crippen LogP contribution in [0, 0.1) is 0 Å². The highest BCUT2D eigenvalue weighted by atomic mass is 35.5. The summed E-state index contributed by atoms with van der Waals surface area (Å²) in [6.07, 6.45) is 0.165. The number of halogens is 2. The van der Waals surface area contributed by atoms with Gasteiger partial charge in [-0.2, -0.15) is 9.97 Å². The summed E-state index contributed by atoms with van der Waals surface area (Å²) in [6.45, 7) is 0. The molecule has 2 heterocycles. The van der Waals surface area contributed by atoms with E-state index in [0.717, 1.165) is 16.9 Å². The first-order valence-electron chi connectivity index (χ1n) is 9.03. The molecule has 0 saturated heterocycles. The van der Waals surface area contributed by atoms with Crippen LogP contribution in [0.3, 0.4) is 0 Å². The Hall–Kier alpha value is -3.16. The van der Waals surface area contributed by atoms with Crippen molar-refractivity contribution in [1.82, 2.24) is 19.5 Å². The number of nitrogens with zero attached hydrogens (tertiary/aromatic N) is 4. The highest BCUT2D eigenvalue weighted by Gasteiger charge is 2.17. The first-order chi connectivity index (χ1) is 14.4. The van der Waals surface area contributed by atoms with Crippen LogP contribution in [0.4, 0.5) is 5.95 Å². The lowest BCUT2D eigenvalue weighted by Gasteiger charge is -2.06. The maximum atomic E-state index is 12.4. The number of nitrogens with one attached hydrogen (secondary N) is 1. The van der Waals surface area contributed by atoms with E-state index in [1.165, 1.54) is 0 Å². The van der Waals surface area contributed by atoms with Gasteiger partial charge in [-0.15, -0.1) is 0 Å². The van der Waals surface area contributed by atoms with Crippen LogP contribution in [0.15, 0.2) is 48.5 Å². The molecule has 1 N–H and O–H groups in total. The van der Waals surface area contributed by atoms with Gasteiger partial charge in [-0.1, -0.05) is 35.3 Å². The molecule has 4 aromatic rings. The summed E-state index contributed by atoms with van der Waals surface area (Å²) in [5.41, 5.74) is 2.68. The summed E-state index contributed by atoms with van der Waals surface area (Å²) in [5, 5.41) is 3.47. The van der Waals surface area contributed by atoms with E-state index < -0.39 is 0 Å². The third-order valence-corrected chi connectivity index (χ3v) is 5.07. The molecule has 2 aromatic carbocycles. The topological polar surface area (TPSA) is 81.9 Å². The third-order valence-electron chi connectivity index (χ3n) is 4.55. The normalized spacial score (nSPS) is 10.9. The Morgan fingerprint density at radius 1 is 1.03 bits per heavy atom. The summed E-state index contributed by atoms with van der Waals surface area (Å²) in [4.78, 5) is 25.6. The number of anilines is 1. The molecule has 2 aromatic heterocycles. The molecule has 0 aliphatic rings. The van der Waals surface area contributed by atoms with Gasteiger partial charge in [0.2, 0.25) is 11.9 Å². The van der Waals surface area contributed by atoms with E-state index in [-0.39, 0.29) is 23.4 Å². The Labute approximate surface area is 182 Å². The van der Waals surface area contributed by atoms with Gasteiger partial charge in [0, 0.05) is 17.6 Å². The quantitative estimate of drug-likeness (QED) is 0.460. The van der Waals surface area contributed by atoms with Crippen molar-refractivity contribution < 1.29 is 9.53 Å². The van der Waals surface area contributed by atoms with Crippen LogP contribution < -0.4 is 10.1 Å². The van der Waals surface area contributed by atoms with Crippen LogP contribution in [0.5, 0.6) is 5.75 Å². The predicted molar refractivity (Wildman–Crippen MR) is 117 cm³/mol. The summed E-state index contributed by atoms with van der Waals surface area (Å²) in [7, 11) is 3.44. The average molecular weight is 442 g/mol. The summed E-state index contributed by atoms with van der Waals surface area (Å²) < 4.78 is 7.00. The van der Waals surface area contributed by atoms with E-state index >= 15 is 0 Å². The maximum Gasteiger partial charge on any atom is 0.232 e. The van der Waals surface area contributed by atoms with Crippen molar-refractivity contribution in [3.8, 4) is 17.1 Å². The van der Waals surface area contributed by atoms with Gasteiger partial charge in [0.1, 0.15) is 17.1 Å². The number of carbonyl (C=O) groups is 1. The van der Waals surface area contributed by atoms with Crippen molar-refractivity contribution in [2.75, 3.05) is 12.4 Å². The molecular weight excluding hydrogens is 425 g/mol. The largest absolute Gasteiger partial charge is 0.497 e. The molecular formula is C21H17Cl2N5O2. The van der Waals surface area contributed by atoms with Crippen LogP contribution in [0.1, 0.15) is 5.56 Å². The number of fused-ring (bicyclic) bond motifs is 1. The molecule has 0 aliphatic heterocycles. The molecule has 7 nitrogen and oxygen atoms in total. The van der Waals surface area contributed by atoms with Crippen molar-refractivity contribution in [1.29, 1.82) is 0 Å². The first-order valence-corrected chi connectivity index (χ1v) is 9.79. The number of amides is 1. The monoisotopic (exact) mass is 441 g/mol. The summed E-state index contributed by atoms with van der Waals surface area (Å²) >= 11 is 12.2. The smallest absolute Gasteiger partial charge is 0.232 e. The van der Waals surface area contributed by atoms with Crippen molar-refractivity contribution in [3.05, 3.63) is 64.3 Å². The molecule has 4 rings (SSSR count). The second-order valence-electron chi connectivity index (χ2n) is 6.58. The number of ether oxygens (including phenoxy) is 1. The molecule has 0 bridgehead atoms. The van der Waals surface area contributed by atoms with Crippen molar-refractivity contribution in [2.24, 2.45) is 7.05 Å². The van der Waals surface area contributed by atoms with Crippen LogP contribution in [-0.2, 0) is 18.3 Å². The van der Waals surface area contributed by atoms with Crippen LogP contribution in [0.25, 0.3) is 22.6 Å². The van der Waals surface area contributed by atoms with E-state index in [0.29, 0.717) is 22.0 Å². The van der Waals surface area contributed by atoms with E-state index in [1.54, 1.807) is 35.9 Å². The minimum atomic E-state index is -0.259. The summed E-state index contributed by atoms with van der Waals surface area (Å²) in [6, 6.07) is 14.6. The lowest BCUT2D eigenvalue weighted by atomic mass is 10.1. The van der Waals surface area contributed by atoms with Gasteiger partial charge in [-0.3, -0.25) is 10.1 Å². The van der Waals surface area contributed by atoms with E-state index in [4.69, 9.17) is 27.9 Å². The zero-order valence-electron chi connectivity index (χ0n) is 16.2. The van der Waals surface area contributed by atoms with Crippen molar-refractivity contribution in [2.45, 2.75) is 6.42 Å². The Balaban J connectivity index is 1.61. The Morgan fingerprint density at radius 3 is 2.40 bits per heavy atom. The third kappa shape index (κ3) is 4.08. The molecule has 0 fully saturated rings. The number of hydrogen-bond acceptors (Lipinski definition) is 5. The maximum absolute atomic E-state index is 12.4. The average Bonchev–Trinajstić information content (AvgIpc) is 3.07. The van der Waals surface area contributed by atoms with Gasteiger partial charge >= 0.3 is 0 Å². The molecule has 0 aliphatic carbocycles. The van der Waals surface area contributed by atoms with Gasteiger partial charge in [-0.25, -0.2) is 4.98 Å². The zero-order chi connectivity index (χ0) is 21.3. The molecule has 9 heteroatoms. The number of benzene rings is 2. The Morgan fingerprint density at radius 2 is 1.73 bits per heavy atom. The lowest BCUT2D eigenvalue weighted by molar-refractivity contribution is -0.115. The van der Waals surface area contributed by atoms with Crippen LogP contribution >= 0.6 is 23.2 Å². The highest BCUT2D eigenvalue weighted by Crippen LogP contribution is 2.28. The number of hydrogen-bond donors (Lipinski definition) is 1. The molecule has 1 amide bonds. The second kappa shape index (κ2) is 8.30. The van der Waals surface area contributed by atoms with E-state index in [1.807, 2.05) is 31.3 Å². The van der Waals surface area contributed by atoms with Crippen LogP contribution in [0.2, 0.25) is 10.2 Å². The Bertz CT molecular complexity index is 1220. The molecule has 0 radical (unpaired) electrons. The van der Waals surface area contributed by atoms with Crippen molar-refractivity contribution in [3.63, 3.8) is 0 Å². The number of imidazole rings is 1. The minimum Gasteiger partial charge on any atom is -0.497 e. The standard InChI is InChI=1S/C21H17Cl2N5O2/c1-28-19(13-5-9-15(30-2)10-6-13)25-17-18(23)26-21(27-20(17)28)24-16(29)11-12-3-7-14(22)8-4-12/h3-10H,11H2,1-2H3,(H,24,26,27,29). The van der Waals surface area contributed by atoms with Crippen molar-refractivity contribution >= 4 is 46.2 Å². The molecule has 0 saturated carbocycles. The zero-order valence-corrected chi connectivity index (χ0v) is 17.7. The van der Waals surface area contributed by atoms with Crippen LogP contribution in [-0.4, -0.2) is 32.5 Å². The number of aromatic nitrogens is 4. The SMILES string of the molecule is COc1ccc(-c2nc3c(Cl)nc(NC(=O)Cc4ccc(Cl)cc4)nc3n2C)cc1. The first kappa shape index (κ1) is 20.1. The van der Waals surface area contributed by atoms with Gasteiger partial charge < -0.3 is 9.30 Å². The molecule has 0 spiro atoms. The number of aryl methyl sites for hydroxylation is 1. The fraction of sp³-hybridized carbons (Fsp3) is 0.143. The van der Waals surface area contributed by atoms with Gasteiger partial charge in [0.05, 0.1) is 13.5 Å².